The van der Waals surface area contributed by atoms with Gasteiger partial charge in [-0.1, -0.05) is 0 Å². The zero-order valence-corrected chi connectivity index (χ0v) is 9.78. The fraction of sp³-hybridized carbons (Fsp3) is 0.0833. The number of aromatic nitrogens is 1. The number of nitrogens with zero attached hydrogens (tertiary/aromatic N) is 2. The summed E-state index contributed by atoms with van der Waals surface area (Å²) < 4.78 is 50.7. The third kappa shape index (κ3) is 3.08. The minimum atomic E-state index is -4.61. The van der Waals surface area contributed by atoms with Crippen molar-refractivity contribution >= 4 is 17.2 Å². The molecular formula is C12H7F4N3O. The zero-order valence-electron chi connectivity index (χ0n) is 9.78. The molecule has 2 rings (SSSR count). The smallest absolute Gasteiger partial charge is 0.338 e. The molecule has 0 amide bonds. The molecule has 0 aliphatic carbocycles. The normalized spacial score (nSPS) is 11.2. The summed E-state index contributed by atoms with van der Waals surface area (Å²) >= 11 is 0. The van der Waals surface area contributed by atoms with Gasteiger partial charge < -0.3 is 5.32 Å². The van der Waals surface area contributed by atoms with Crippen molar-refractivity contribution in [2.24, 2.45) is 5.18 Å². The molecule has 104 valence electrons. The van der Waals surface area contributed by atoms with E-state index < -0.39 is 17.6 Å². The van der Waals surface area contributed by atoms with Gasteiger partial charge in [0.05, 0.1) is 11.3 Å². The van der Waals surface area contributed by atoms with E-state index in [1.165, 1.54) is 18.3 Å². The maximum Gasteiger partial charge on any atom is 0.416 e. The van der Waals surface area contributed by atoms with Gasteiger partial charge in [0.2, 0.25) is 0 Å². The van der Waals surface area contributed by atoms with Gasteiger partial charge in [0.1, 0.15) is 17.3 Å². The molecule has 1 heterocycles. The van der Waals surface area contributed by atoms with Crippen LogP contribution < -0.4 is 5.32 Å². The lowest BCUT2D eigenvalue weighted by Crippen LogP contribution is -2.06. The lowest BCUT2D eigenvalue weighted by Gasteiger charge is -2.10. The number of rotatable bonds is 3. The molecule has 0 atom stereocenters. The first-order valence-corrected chi connectivity index (χ1v) is 5.33. The average molecular weight is 285 g/mol. The van der Waals surface area contributed by atoms with E-state index in [1.807, 2.05) is 0 Å². The molecule has 1 aromatic carbocycles. The third-order valence-corrected chi connectivity index (χ3v) is 2.41. The molecular weight excluding hydrogens is 278 g/mol. The molecule has 0 saturated carbocycles. The summed E-state index contributed by atoms with van der Waals surface area (Å²) in [6, 6.07) is 4.64. The molecule has 0 aliphatic heterocycles. The molecule has 4 nitrogen and oxygen atoms in total. The lowest BCUT2D eigenvalue weighted by molar-refractivity contribution is -0.137. The maximum absolute atomic E-state index is 13.6. The van der Waals surface area contributed by atoms with Crippen molar-refractivity contribution in [3.63, 3.8) is 0 Å². The van der Waals surface area contributed by atoms with E-state index in [1.54, 1.807) is 0 Å². The summed E-state index contributed by atoms with van der Waals surface area (Å²) in [6.45, 7) is 0. The molecule has 0 bridgehead atoms. The predicted octanol–water partition coefficient (Wildman–Crippen LogP) is 4.38. The number of alkyl halides is 3. The first-order valence-electron chi connectivity index (χ1n) is 5.33. The Labute approximate surface area is 110 Å². The van der Waals surface area contributed by atoms with Crippen LogP contribution in [-0.2, 0) is 6.18 Å². The van der Waals surface area contributed by atoms with Crippen LogP contribution >= 0.6 is 0 Å². The minimum Gasteiger partial charge on any atom is -0.338 e. The Morgan fingerprint density at radius 1 is 1.15 bits per heavy atom. The number of halogens is 4. The van der Waals surface area contributed by atoms with Gasteiger partial charge >= 0.3 is 6.18 Å². The Morgan fingerprint density at radius 2 is 1.90 bits per heavy atom. The molecule has 0 spiro atoms. The highest BCUT2D eigenvalue weighted by Gasteiger charge is 2.31. The second-order valence-electron chi connectivity index (χ2n) is 3.81. The summed E-state index contributed by atoms with van der Waals surface area (Å²) in [5.74, 6) is -0.980. The number of hydrogen-bond donors (Lipinski definition) is 1. The van der Waals surface area contributed by atoms with E-state index in [0.29, 0.717) is 6.07 Å². The Morgan fingerprint density at radius 3 is 2.50 bits per heavy atom. The largest absolute Gasteiger partial charge is 0.416 e. The third-order valence-electron chi connectivity index (χ3n) is 2.41. The van der Waals surface area contributed by atoms with Crippen LogP contribution in [0.1, 0.15) is 5.56 Å². The zero-order chi connectivity index (χ0) is 14.8. The minimum absolute atomic E-state index is 0.0646. The van der Waals surface area contributed by atoms with Crippen LogP contribution in [0.4, 0.5) is 34.8 Å². The Balaban J connectivity index is 2.28. The molecule has 8 heteroatoms. The van der Waals surface area contributed by atoms with E-state index in [2.05, 4.69) is 15.5 Å². The van der Waals surface area contributed by atoms with Crippen molar-refractivity contribution in [2.45, 2.75) is 6.18 Å². The van der Waals surface area contributed by atoms with Crippen molar-refractivity contribution in [1.82, 2.24) is 4.98 Å². The first-order chi connectivity index (χ1) is 9.40. The predicted molar refractivity (Wildman–Crippen MR) is 64.4 cm³/mol. The van der Waals surface area contributed by atoms with Crippen LogP contribution in [0, 0.1) is 10.7 Å². The van der Waals surface area contributed by atoms with E-state index in [4.69, 9.17) is 0 Å². The van der Waals surface area contributed by atoms with E-state index >= 15 is 0 Å². The van der Waals surface area contributed by atoms with Crippen LogP contribution in [0.2, 0.25) is 0 Å². The molecule has 0 aliphatic rings. The Bertz CT molecular complexity index is 643. The van der Waals surface area contributed by atoms with Gasteiger partial charge in [-0.3, -0.25) is 0 Å². The molecule has 0 radical (unpaired) electrons. The number of benzene rings is 1. The Hall–Kier alpha value is -2.51. The standard InChI is InChI=1S/C12H7F4N3O/c13-9-5-7(12(14,15)16)1-2-10(9)18-11-6-8(19-20)3-4-17-11/h1-6H,(H,17,18). The molecule has 1 N–H and O–H groups in total. The fourth-order valence-corrected chi connectivity index (χ4v) is 1.48. The highest BCUT2D eigenvalue weighted by Crippen LogP contribution is 2.32. The highest BCUT2D eigenvalue weighted by atomic mass is 19.4. The van der Waals surface area contributed by atoms with Crippen LogP contribution in [0.3, 0.4) is 0 Å². The van der Waals surface area contributed by atoms with Gasteiger partial charge in [-0.05, 0) is 29.4 Å². The lowest BCUT2D eigenvalue weighted by atomic mass is 10.2. The van der Waals surface area contributed by atoms with Crippen molar-refractivity contribution in [3.05, 3.63) is 52.8 Å². The highest BCUT2D eigenvalue weighted by molar-refractivity contribution is 5.60. The molecule has 0 unspecified atom stereocenters. The van der Waals surface area contributed by atoms with Crippen molar-refractivity contribution in [1.29, 1.82) is 0 Å². The van der Waals surface area contributed by atoms with Crippen LogP contribution in [0.25, 0.3) is 0 Å². The summed E-state index contributed by atoms with van der Waals surface area (Å²) in [5, 5.41) is 5.14. The number of hydrogen-bond acceptors (Lipinski definition) is 4. The SMILES string of the molecule is O=Nc1ccnc(Nc2ccc(C(F)(F)F)cc2F)c1. The van der Waals surface area contributed by atoms with Gasteiger partial charge in [-0.25, -0.2) is 9.37 Å². The first kappa shape index (κ1) is 13.9. The van der Waals surface area contributed by atoms with Crippen LogP contribution in [0.15, 0.2) is 41.7 Å². The number of anilines is 2. The van der Waals surface area contributed by atoms with Crippen molar-refractivity contribution in [3.8, 4) is 0 Å². The van der Waals surface area contributed by atoms with E-state index in [-0.39, 0.29) is 17.2 Å². The van der Waals surface area contributed by atoms with E-state index in [9.17, 15) is 22.5 Å². The van der Waals surface area contributed by atoms with Crippen LogP contribution in [-0.4, -0.2) is 4.98 Å². The summed E-state index contributed by atoms with van der Waals surface area (Å²) in [7, 11) is 0. The van der Waals surface area contributed by atoms with Gasteiger partial charge in [0.15, 0.2) is 0 Å². The molecule has 1 aromatic heterocycles. The summed E-state index contributed by atoms with van der Waals surface area (Å²) in [4.78, 5) is 14.1. The maximum atomic E-state index is 13.6. The number of nitroso groups, excluding NO2 is 1. The molecule has 20 heavy (non-hydrogen) atoms. The quantitative estimate of drug-likeness (QED) is 0.672. The van der Waals surface area contributed by atoms with Crippen molar-refractivity contribution < 1.29 is 17.6 Å². The second kappa shape index (κ2) is 5.24. The van der Waals surface area contributed by atoms with Crippen molar-refractivity contribution in [2.75, 3.05) is 5.32 Å². The van der Waals surface area contributed by atoms with Gasteiger partial charge in [-0.15, -0.1) is 4.91 Å². The van der Waals surface area contributed by atoms with Gasteiger partial charge in [-0.2, -0.15) is 13.2 Å². The Kier molecular flexibility index (Phi) is 3.64. The summed E-state index contributed by atoms with van der Waals surface area (Å²) in [6.07, 6.45) is -3.35. The topological polar surface area (TPSA) is 54.4 Å². The fourth-order valence-electron chi connectivity index (χ4n) is 1.48. The number of nitrogens with one attached hydrogen (secondary N) is 1. The van der Waals surface area contributed by atoms with Gasteiger partial charge in [0, 0.05) is 12.3 Å². The molecule has 0 fully saturated rings. The van der Waals surface area contributed by atoms with E-state index in [0.717, 1.165) is 12.1 Å². The monoisotopic (exact) mass is 285 g/mol. The molecule has 2 aromatic rings. The second-order valence-corrected chi connectivity index (χ2v) is 3.81. The van der Waals surface area contributed by atoms with Gasteiger partial charge in [0.25, 0.3) is 0 Å². The summed E-state index contributed by atoms with van der Waals surface area (Å²) in [5.41, 5.74) is -1.21. The van der Waals surface area contributed by atoms with Crippen LogP contribution in [0.5, 0.6) is 0 Å². The number of pyridine rings is 1. The average Bonchev–Trinajstić information content (AvgIpc) is 2.40. The molecule has 0 saturated heterocycles.